The van der Waals surface area contributed by atoms with Crippen LogP contribution in [-0.4, -0.2) is 75.5 Å². The summed E-state index contributed by atoms with van der Waals surface area (Å²) in [6, 6.07) is 16.1. The molecule has 2 fully saturated rings. The minimum absolute atomic E-state index is 0.158. The molecular weight excluding hydrogens is 546 g/mol. The molecule has 1 aromatic heterocycles. The Bertz CT molecular complexity index is 1420. The molecule has 2 aliphatic rings. The van der Waals surface area contributed by atoms with E-state index in [0.717, 1.165) is 73.0 Å². The van der Waals surface area contributed by atoms with E-state index in [9.17, 15) is 13.2 Å². The Kier molecular flexibility index (Phi) is 9.86. The van der Waals surface area contributed by atoms with Crippen molar-refractivity contribution in [3.8, 4) is 16.9 Å². The van der Waals surface area contributed by atoms with E-state index >= 15 is 0 Å². The second kappa shape index (κ2) is 13.9. The second-order valence-electron chi connectivity index (χ2n) is 9.85. The number of carbonyl (C=O) groups is 1. The zero-order chi connectivity index (χ0) is 28.5. The molecule has 41 heavy (non-hydrogen) atoms. The van der Waals surface area contributed by atoms with Gasteiger partial charge in [0.2, 0.25) is 0 Å². The molecule has 10 nitrogen and oxygen atoms in total. The minimum atomic E-state index is -3.84. The first kappa shape index (κ1) is 29.0. The summed E-state index contributed by atoms with van der Waals surface area (Å²) < 4.78 is 44.5. The maximum Gasteiger partial charge on any atom is 0.267 e. The molecule has 2 saturated heterocycles. The fourth-order valence-electron chi connectivity index (χ4n) is 4.59. The number of ether oxygens (including phenoxy) is 3. The molecular formula is C30H35N3O7S. The number of hydroxylamine groups is 1. The van der Waals surface area contributed by atoms with Gasteiger partial charge in [0.1, 0.15) is 12.4 Å². The number of aromatic nitrogens is 1. The Morgan fingerprint density at radius 3 is 2.63 bits per heavy atom. The molecule has 1 atom stereocenters. The van der Waals surface area contributed by atoms with Crippen molar-refractivity contribution >= 4 is 22.0 Å². The molecule has 11 heteroatoms. The summed E-state index contributed by atoms with van der Waals surface area (Å²) in [5, 5.41) is 0. The number of nitrogens with zero attached hydrogens (tertiary/aromatic N) is 2. The fraction of sp³-hybridized carbons (Fsp3) is 0.367. The zero-order valence-electron chi connectivity index (χ0n) is 22.8. The van der Waals surface area contributed by atoms with Gasteiger partial charge in [0.05, 0.1) is 18.1 Å². The Hall–Kier alpha value is -3.48. The van der Waals surface area contributed by atoms with Crippen LogP contribution in [0.25, 0.3) is 17.2 Å². The van der Waals surface area contributed by atoms with E-state index in [0.29, 0.717) is 18.8 Å². The fourth-order valence-corrected chi connectivity index (χ4v) is 5.84. The van der Waals surface area contributed by atoms with Crippen LogP contribution in [0, 0.1) is 0 Å². The van der Waals surface area contributed by atoms with Crippen molar-refractivity contribution in [3.05, 3.63) is 78.6 Å². The van der Waals surface area contributed by atoms with Crippen molar-refractivity contribution in [2.75, 3.05) is 46.1 Å². The van der Waals surface area contributed by atoms with E-state index in [1.165, 1.54) is 24.5 Å². The van der Waals surface area contributed by atoms with E-state index < -0.39 is 22.2 Å². The van der Waals surface area contributed by atoms with Gasteiger partial charge in [-0.3, -0.25) is 9.69 Å². The van der Waals surface area contributed by atoms with Crippen LogP contribution in [0.4, 0.5) is 0 Å². The number of morpholine rings is 1. The number of rotatable bonds is 11. The number of nitrogens with one attached hydrogen (secondary N) is 1. The highest BCUT2D eigenvalue weighted by atomic mass is 32.2. The van der Waals surface area contributed by atoms with Gasteiger partial charge in [-0.15, -0.1) is 0 Å². The molecule has 5 rings (SSSR count). The van der Waals surface area contributed by atoms with Crippen molar-refractivity contribution in [2.24, 2.45) is 0 Å². The van der Waals surface area contributed by atoms with E-state index in [1.807, 2.05) is 30.3 Å². The van der Waals surface area contributed by atoms with Crippen LogP contribution >= 0.6 is 0 Å². The topological polar surface area (TPSA) is 108 Å². The second-order valence-corrected chi connectivity index (χ2v) is 11.7. The number of carbonyl (C=O) groups excluding carboxylic acids is 1. The highest BCUT2D eigenvalue weighted by Crippen LogP contribution is 2.26. The van der Waals surface area contributed by atoms with Gasteiger partial charge in [0.15, 0.2) is 6.29 Å². The van der Waals surface area contributed by atoms with Crippen molar-refractivity contribution < 1.29 is 32.3 Å². The summed E-state index contributed by atoms with van der Waals surface area (Å²) in [5.41, 5.74) is 4.55. The zero-order valence-corrected chi connectivity index (χ0v) is 23.6. The lowest BCUT2D eigenvalue weighted by Gasteiger charge is -2.26. The largest absolute Gasteiger partial charge is 0.492 e. The predicted molar refractivity (Wildman–Crippen MR) is 154 cm³/mol. The van der Waals surface area contributed by atoms with E-state index in [2.05, 4.69) is 10.4 Å². The van der Waals surface area contributed by atoms with Crippen molar-refractivity contribution in [3.63, 3.8) is 0 Å². The van der Waals surface area contributed by atoms with Gasteiger partial charge in [-0.1, -0.05) is 24.3 Å². The van der Waals surface area contributed by atoms with Crippen molar-refractivity contribution in [1.82, 2.24) is 14.4 Å². The smallest absolute Gasteiger partial charge is 0.267 e. The first-order valence-corrected chi connectivity index (χ1v) is 15.2. The van der Waals surface area contributed by atoms with Gasteiger partial charge in [-0.2, -0.15) is 0 Å². The highest BCUT2D eigenvalue weighted by Gasteiger charge is 2.18. The molecule has 0 aliphatic carbocycles. The maximum absolute atomic E-state index is 13.3. The van der Waals surface area contributed by atoms with E-state index in [1.54, 1.807) is 24.3 Å². The summed E-state index contributed by atoms with van der Waals surface area (Å²) in [6.07, 6.45) is 7.96. The molecule has 1 amide bonds. The SMILES string of the molecule is O=C(C=Cc1ccn(S(=O)(=O)c2cccc(-c3ccc(OCCN4CCOCC4)cc3)c2)c1)NOC1CCCCO1. The lowest BCUT2D eigenvalue weighted by molar-refractivity contribution is -0.198. The molecule has 1 unspecified atom stereocenters. The lowest BCUT2D eigenvalue weighted by Crippen LogP contribution is -2.38. The van der Waals surface area contributed by atoms with Crippen LogP contribution < -0.4 is 10.2 Å². The Morgan fingerprint density at radius 1 is 1.02 bits per heavy atom. The Labute approximate surface area is 240 Å². The third kappa shape index (κ3) is 8.05. The summed E-state index contributed by atoms with van der Waals surface area (Å²) in [4.78, 5) is 19.8. The van der Waals surface area contributed by atoms with Gasteiger partial charge in [0, 0.05) is 51.1 Å². The van der Waals surface area contributed by atoms with Crippen LogP contribution in [0.3, 0.4) is 0 Å². The summed E-state index contributed by atoms with van der Waals surface area (Å²) >= 11 is 0. The lowest BCUT2D eigenvalue weighted by atomic mass is 10.1. The monoisotopic (exact) mass is 581 g/mol. The van der Waals surface area contributed by atoms with Crippen LogP contribution in [0.2, 0.25) is 0 Å². The Morgan fingerprint density at radius 2 is 1.85 bits per heavy atom. The quantitative estimate of drug-likeness (QED) is 0.270. The van der Waals surface area contributed by atoms with Crippen LogP contribution in [0.1, 0.15) is 24.8 Å². The number of amides is 1. The van der Waals surface area contributed by atoms with E-state index in [4.69, 9.17) is 19.0 Å². The van der Waals surface area contributed by atoms with Gasteiger partial charge in [0.25, 0.3) is 15.9 Å². The maximum atomic E-state index is 13.3. The van der Waals surface area contributed by atoms with Gasteiger partial charge in [-0.25, -0.2) is 22.7 Å². The first-order valence-electron chi connectivity index (χ1n) is 13.8. The van der Waals surface area contributed by atoms with Crippen molar-refractivity contribution in [1.29, 1.82) is 0 Å². The summed E-state index contributed by atoms with van der Waals surface area (Å²) in [5.74, 6) is 0.303. The molecule has 1 N–H and O–H groups in total. The molecule has 3 heterocycles. The standard InChI is InChI=1S/C30H35N3O7S/c34-29(31-40-30-6-1-2-18-39-30)12-7-24-13-14-33(23-24)41(35,36)28-5-3-4-26(22-28)25-8-10-27(11-9-25)38-21-17-32-15-19-37-20-16-32/h3-5,7-14,22-23,30H,1-2,6,15-21H2,(H,31,34). The predicted octanol–water partition coefficient (Wildman–Crippen LogP) is 3.69. The molecule has 0 bridgehead atoms. The first-order chi connectivity index (χ1) is 20.0. The minimum Gasteiger partial charge on any atom is -0.492 e. The Balaban J connectivity index is 1.17. The molecule has 0 radical (unpaired) electrons. The molecule has 0 spiro atoms. The molecule has 218 valence electrons. The van der Waals surface area contributed by atoms with Gasteiger partial charge < -0.3 is 14.2 Å². The summed E-state index contributed by atoms with van der Waals surface area (Å²) in [6.45, 7) is 5.42. The molecule has 3 aromatic rings. The summed E-state index contributed by atoms with van der Waals surface area (Å²) in [7, 11) is -3.84. The average molecular weight is 582 g/mol. The van der Waals surface area contributed by atoms with Crippen LogP contribution in [-0.2, 0) is 29.1 Å². The van der Waals surface area contributed by atoms with Crippen molar-refractivity contribution in [2.45, 2.75) is 30.4 Å². The van der Waals surface area contributed by atoms with Crippen LogP contribution in [0.15, 0.2) is 78.0 Å². The van der Waals surface area contributed by atoms with E-state index in [-0.39, 0.29) is 4.90 Å². The third-order valence-electron chi connectivity index (χ3n) is 6.92. The third-order valence-corrected chi connectivity index (χ3v) is 8.56. The number of benzene rings is 2. The molecule has 2 aromatic carbocycles. The molecule has 0 saturated carbocycles. The van der Waals surface area contributed by atoms with Crippen LogP contribution in [0.5, 0.6) is 5.75 Å². The van der Waals surface area contributed by atoms with Gasteiger partial charge in [-0.05, 0) is 65.9 Å². The highest BCUT2D eigenvalue weighted by molar-refractivity contribution is 7.90. The number of hydrogen-bond donors (Lipinski definition) is 1. The molecule has 2 aliphatic heterocycles. The normalized spacial score (nSPS) is 18.4. The van der Waals surface area contributed by atoms with Gasteiger partial charge >= 0.3 is 0 Å². The average Bonchev–Trinajstić information content (AvgIpc) is 3.51. The number of hydrogen-bond acceptors (Lipinski definition) is 8.